The van der Waals surface area contributed by atoms with Crippen molar-refractivity contribution < 1.29 is 23.7 Å². The monoisotopic (exact) mass is 405 g/mol. The van der Waals surface area contributed by atoms with Crippen LogP contribution in [-0.2, 0) is 0 Å². The third-order valence-electron chi connectivity index (χ3n) is 4.19. The molecule has 0 saturated heterocycles. The number of hydrogen-bond acceptors (Lipinski definition) is 5. The highest BCUT2D eigenvalue weighted by Crippen LogP contribution is 2.32. The molecule has 0 radical (unpaired) electrons. The third-order valence-corrected chi connectivity index (χ3v) is 4.19. The molecule has 0 aliphatic rings. The zero-order valence-corrected chi connectivity index (χ0v) is 16.9. The molecule has 0 aromatic heterocycles. The molecule has 0 unspecified atom stereocenters. The van der Waals surface area contributed by atoms with Gasteiger partial charge in [-0.15, -0.1) is 0 Å². The number of amides is 1. The molecule has 1 amide bonds. The molecule has 0 spiro atoms. The number of benzene rings is 3. The fourth-order valence-electron chi connectivity index (χ4n) is 2.72. The lowest BCUT2D eigenvalue weighted by atomic mass is 10.2. The zero-order chi connectivity index (χ0) is 21.3. The highest BCUT2D eigenvalue weighted by Gasteiger charge is 2.12. The van der Waals surface area contributed by atoms with Crippen LogP contribution >= 0.6 is 0 Å². The first-order chi connectivity index (χ1) is 14.6. The van der Waals surface area contributed by atoms with Gasteiger partial charge in [0, 0.05) is 11.3 Å². The van der Waals surface area contributed by atoms with Crippen molar-refractivity contribution in [2.75, 3.05) is 26.1 Å². The Morgan fingerprint density at radius 1 is 0.900 bits per heavy atom. The number of hydrogen-bond donors (Lipinski definition) is 1. The van der Waals surface area contributed by atoms with Crippen LogP contribution in [0, 0.1) is 0 Å². The lowest BCUT2D eigenvalue weighted by Crippen LogP contribution is -2.12. The van der Waals surface area contributed by atoms with Crippen LogP contribution in [0.3, 0.4) is 0 Å². The molecule has 1 N–H and O–H groups in total. The summed E-state index contributed by atoms with van der Waals surface area (Å²) in [5.41, 5.74) is 1.09. The Balaban J connectivity index is 1.67. The summed E-state index contributed by atoms with van der Waals surface area (Å²) in [5.74, 6) is 2.65. The minimum absolute atomic E-state index is 0.262. The van der Waals surface area contributed by atoms with Gasteiger partial charge >= 0.3 is 0 Å². The van der Waals surface area contributed by atoms with Crippen LogP contribution in [0.4, 0.5) is 5.69 Å². The Bertz CT molecular complexity index is 1010. The Morgan fingerprint density at radius 3 is 2.27 bits per heavy atom. The zero-order valence-electron chi connectivity index (χ0n) is 16.9. The van der Waals surface area contributed by atoms with Crippen molar-refractivity contribution in [3.8, 4) is 28.7 Å². The van der Waals surface area contributed by atoms with E-state index in [2.05, 4.69) is 11.9 Å². The van der Waals surface area contributed by atoms with Gasteiger partial charge < -0.3 is 24.3 Å². The summed E-state index contributed by atoms with van der Waals surface area (Å²) >= 11 is 0. The van der Waals surface area contributed by atoms with Crippen molar-refractivity contribution in [2.24, 2.45) is 0 Å². The van der Waals surface area contributed by atoms with Crippen LogP contribution < -0.4 is 24.3 Å². The first-order valence-electron chi connectivity index (χ1n) is 9.28. The number of anilines is 1. The van der Waals surface area contributed by atoms with E-state index in [1.807, 2.05) is 24.3 Å². The van der Waals surface area contributed by atoms with E-state index >= 15 is 0 Å². The molecule has 3 rings (SSSR count). The number of nitrogens with one attached hydrogen (secondary N) is 1. The van der Waals surface area contributed by atoms with Gasteiger partial charge in [0.1, 0.15) is 12.4 Å². The van der Waals surface area contributed by atoms with Gasteiger partial charge in [0.25, 0.3) is 5.91 Å². The van der Waals surface area contributed by atoms with Gasteiger partial charge in [-0.05, 0) is 54.6 Å². The summed E-state index contributed by atoms with van der Waals surface area (Å²) in [6.07, 6.45) is 1.64. The highest BCUT2D eigenvalue weighted by atomic mass is 16.5. The quantitative estimate of drug-likeness (QED) is 0.489. The minimum Gasteiger partial charge on any atom is -0.493 e. The van der Waals surface area contributed by atoms with Crippen LogP contribution in [-0.4, -0.2) is 26.7 Å². The number of rotatable bonds is 9. The second-order valence-electron chi connectivity index (χ2n) is 6.20. The molecule has 0 aliphatic heterocycles. The Labute approximate surface area is 175 Å². The lowest BCUT2D eigenvalue weighted by Gasteiger charge is -2.12. The predicted molar refractivity (Wildman–Crippen MR) is 116 cm³/mol. The van der Waals surface area contributed by atoms with Crippen molar-refractivity contribution in [2.45, 2.75) is 0 Å². The summed E-state index contributed by atoms with van der Waals surface area (Å²) in [7, 11) is 3.12. The first-order valence-corrected chi connectivity index (χ1v) is 9.28. The molecular weight excluding hydrogens is 382 g/mol. The molecule has 0 bridgehead atoms. The minimum atomic E-state index is -0.262. The summed E-state index contributed by atoms with van der Waals surface area (Å²) in [4.78, 5) is 12.6. The van der Waals surface area contributed by atoms with E-state index in [0.717, 1.165) is 0 Å². The number of ether oxygens (including phenoxy) is 4. The standard InChI is InChI=1S/C24H23NO5/c1-4-15-29-21-14-9-17(16-23(21)28-3)24(26)25-18-10-12-19(13-11-18)30-22-8-6-5-7-20(22)27-2/h4-14,16H,1,15H2,2-3H3,(H,25,26). The van der Waals surface area contributed by atoms with Gasteiger partial charge in [-0.25, -0.2) is 0 Å². The normalized spacial score (nSPS) is 10.1. The first kappa shape index (κ1) is 20.8. The maximum Gasteiger partial charge on any atom is 0.255 e. The summed E-state index contributed by atoms with van der Waals surface area (Å²) in [6, 6.07) is 19.5. The van der Waals surface area contributed by atoms with Gasteiger partial charge in [0.15, 0.2) is 23.0 Å². The number of para-hydroxylation sites is 2. The SMILES string of the molecule is C=CCOc1ccc(C(=O)Nc2ccc(Oc3ccccc3OC)cc2)cc1OC. The Kier molecular flexibility index (Phi) is 6.95. The van der Waals surface area contributed by atoms with E-state index in [4.69, 9.17) is 18.9 Å². The summed E-state index contributed by atoms with van der Waals surface area (Å²) < 4.78 is 22.0. The van der Waals surface area contributed by atoms with E-state index in [0.29, 0.717) is 46.6 Å². The van der Waals surface area contributed by atoms with Crippen molar-refractivity contribution >= 4 is 11.6 Å². The molecule has 6 heteroatoms. The van der Waals surface area contributed by atoms with E-state index < -0.39 is 0 Å². The molecular formula is C24H23NO5. The molecule has 3 aromatic carbocycles. The van der Waals surface area contributed by atoms with E-state index in [1.54, 1.807) is 55.7 Å². The van der Waals surface area contributed by atoms with Crippen molar-refractivity contribution in [1.82, 2.24) is 0 Å². The second kappa shape index (κ2) is 10.0. The second-order valence-corrected chi connectivity index (χ2v) is 6.20. The summed E-state index contributed by atoms with van der Waals surface area (Å²) in [6.45, 7) is 3.97. The lowest BCUT2D eigenvalue weighted by molar-refractivity contribution is 0.102. The topological polar surface area (TPSA) is 66.0 Å². The average molecular weight is 405 g/mol. The fraction of sp³-hybridized carbons (Fsp3) is 0.125. The molecule has 30 heavy (non-hydrogen) atoms. The largest absolute Gasteiger partial charge is 0.493 e. The van der Waals surface area contributed by atoms with Crippen LogP contribution in [0.2, 0.25) is 0 Å². The molecule has 3 aromatic rings. The predicted octanol–water partition coefficient (Wildman–Crippen LogP) is 5.31. The maximum atomic E-state index is 12.6. The maximum absolute atomic E-state index is 12.6. The van der Waals surface area contributed by atoms with Crippen molar-refractivity contribution in [3.63, 3.8) is 0 Å². The van der Waals surface area contributed by atoms with Crippen LogP contribution in [0.25, 0.3) is 0 Å². The molecule has 0 saturated carbocycles. The molecule has 6 nitrogen and oxygen atoms in total. The fourth-order valence-corrected chi connectivity index (χ4v) is 2.72. The molecule has 0 fully saturated rings. The van der Waals surface area contributed by atoms with Gasteiger partial charge in [0.05, 0.1) is 14.2 Å². The number of methoxy groups -OCH3 is 2. The number of carbonyl (C=O) groups excluding carboxylic acids is 1. The molecule has 0 aliphatic carbocycles. The Hall–Kier alpha value is -3.93. The molecule has 0 atom stereocenters. The Morgan fingerprint density at radius 2 is 1.60 bits per heavy atom. The van der Waals surface area contributed by atoms with Crippen LogP contribution in [0.1, 0.15) is 10.4 Å². The summed E-state index contributed by atoms with van der Waals surface area (Å²) in [5, 5.41) is 2.85. The van der Waals surface area contributed by atoms with Gasteiger partial charge in [-0.2, -0.15) is 0 Å². The van der Waals surface area contributed by atoms with Crippen LogP contribution in [0.15, 0.2) is 79.4 Å². The average Bonchev–Trinajstić information content (AvgIpc) is 2.79. The van der Waals surface area contributed by atoms with Crippen molar-refractivity contribution in [3.05, 3.63) is 84.9 Å². The van der Waals surface area contributed by atoms with Gasteiger partial charge in [-0.3, -0.25) is 4.79 Å². The van der Waals surface area contributed by atoms with E-state index in [-0.39, 0.29) is 5.91 Å². The molecule has 0 heterocycles. The van der Waals surface area contributed by atoms with E-state index in [1.165, 1.54) is 7.11 Å². The molecule has 154 valence electrons. The smallest absolute Gasteiger partial charge is 0.255 e. The van der Waals surface area contributed by atoms with Crippen molar-refractivity contribution in [1.29, 1.82) is 0 Å². The van der Waals surface area contributed by atoms with Gasteiger partial charge in [0.2, 0.25) is 0 Å². The van der Waals surface area contributed by atoms with Gasteiger partial charge in [-0.1, -0.05) is 24.8 Å². The van der Waals surface area contributed by atoms with Crippen LogP contribution in [0.5, 0.6) is 28.7 Å². The third kappa shape index (κ3) is 5.11. The van der Waals surface area contributed by atoms with E-state index in [9.17, 15) is 4.79 Å². The highest BCUT2D eigenvalue weighted by molar-refractivity contribution is 6.04. The number of carbonyl (C=O) groups is 1.